The van der Waals surface area contributed by atoms with Crippen molar-refractivity contribution in [2.45, 2.75) is 37.6 Å². The Morgan fingerprint density at radius 2 is 2.10 bits per heavy atom. The molecule has 21 heavy (non-hydrogen) atoms. The van der Waals surface area contributed by atoms with Gasteiger partial charge in [-0.25, -0.2) is 8.42 Å². The van der Waals surface area contributed by atoms with Crippen LogP contribution in [0, 0.1) is 12.8 Å². The lowest BCUT2D eigenvalue weighted by molar-refractivity contribution is 0.197. The van der Waals surface area contributed by atoms with Crippen LogP contribution in [0.4, 0.5) is 5.69 Å². The fraction of sp³-hybridized carbons (Fsp3) is 0.625. The molecular formula is C16H26N2O2S. The number of nitrogens with one attached hydrogen (secondary N) is 1. The molecule has 0 aromatic heterocycles. The van der Waals surface area contributed by atoms with Gasteiger partial charge in [-0.1, -0.05) is 6.07 Å². The molecule has 0 radical (unpaired) electrons. The van der Waals surface area contributed by atoms with Gasteiger partial charge < -0.3 is 10.2 Å². The molecule has 1 aromatic carbocycles. The Labute approximate surface area is 128 Å². The number of nitrogens with zero attached hydrogens (tertiary/aromatic N) is 1. The monoisotopic (exact) mass is 310 g/mol. The van der Waals surface area contributed by atoms with Crippen LogP contribution in [0.3, 0.4) is 0 Å². The Balaban J connectivity index is 2.15. The molecule has 1 aliphatic rings. The lowest BCUT2D eigenvalue weighted by Crippen LogP contribution is -2.40. The Morgan fingerprint density at radius 3 is 2.71 bits per heavy atom. The molecule has 0 aliphatic carbocycles. The summed E-state index contributed by atoms with van der Waals surface area (Å²) < 4.78 is 23.4. The van der Waals surface area contributed by atoms with Crippen molar-refractivity contribution in [3.63, 3.8) is 0 Å². The molecule has 1 heterocycles. The topological polar surface area (TPSA) is 49.4 Å². The Hall–Kier alpha value is -1.07. The summed E-state index contributed by atoms with van der Waals surface area (Å²) in [5.41, 5.74) is 2.01. The average Bonchev–Trinajstić information content (AvgIpc) is 2.40. The summed E-state index contributed by atoms with van der Waals surface area (Å²) >= 11 is 0. The summed E-state index contributed by atoms with van der Waals surface area (Å²) in [6, 6.07) is 5.64. The summed E-state index contributed by atoms with van der Waals surface area (Å²) in [4.78, 5) is 2.75. The number of aryl methyl sites for hydroxylation is 1. The largest absolute Gasteiger partial charge is 0.382 e. The zero-order chi connectivity index (χ0) is 15.6. The summed E-state index contributed by atoms with van der Waals surface area (Å²) in [6.07, 6.45) is 3.71. The molecule has 4 nitrogen and oxygen atoms in total. The van der Waals surface area contributed by atoms with Crippen LogP contribution < -0.4 is 5.32 Å². The second-order valence-electron chi connectivity index (χ2n) is 6.35. The van der Waals surface area contributed by atoms with Crippen molar-refractivity contribution < 1.29 is 8.42 Å². The van der Waals surface area contributed by atoms with Gasteiger partial charge in [0.25, 0.3) is 0 Å². The van der Waals surface area contributed by atoms with Crippen LogP contribution in [-0.2, 0) is 9.84 Å². The van der Waals surface area contributed by atoms with Gasteiger partial charge in [-0.05, 0) is 63.9 Å². The van der Waals surface area contributed by atoms with Crippen LogP contribution in [0.5, 0.6) is 0 Å². The molecule has 2 atom stereocenters. The number of sulfone groups is 1. The molecule has 1 N–H and O–H groups in total. The molecule has 0 amide bonds. The van der Waals surface area contributed by atoms with E-state index in [-0.39, 0.29) is 0 Å². The van der Waals surface area contributed by atoms with E-state index in [4.69, 9.17) is 0 Å². The third-order valence-corrected chi connectivity index (χ3v) is 5.50. The SMILES string of the molecule is Cc1ccc(S(C)(=O)=O)cc1NC(C)C1CCCN(C)C1. The van der Waals surface area contributed by atoms with Gasteiger partial charge in [0.05, 0.1) is 4.90 Å². The quantitative estimate of drug-likeness (QED) is 0.928. The molecule has 1 aliphatic heterocycles. The Morgan fingerprint density at radius 1 is 1.38 bits per heavy atom. The molecule has 0 bridgehead atoms. The first kappa shape index (κ1) is 16.3. The highest BCUT2D eigenvalue weighted by molar-refractivity contribution is 7.90. The van der Waals surface area contributed by atoms with Gasteiger partial charge in [-0.3, -0.25) is 0 Å². The van der Waals surface area contributed by atoms with Crippen LogP contribution in [0.15, 0.2) is 23.1 Å². The fourth-order valence-electron chi connectivity index (χ4n) is 2.96. The highest BCUT2D eigenvalue weighted by Gasteiger charge is 2.23. The Bertz CT molecular complexity index is 598. The molecule has 118 valence electrons. The van der Waals surface area contributed by atoms with Gasteiger partial charge in [0.15, 0.2) is 9.84 Å². The molecular weight excluding hydrogens is 284 g/mol. The maximum absolute atomic E-state index is 11.7. The summed E-state index contributed by atoms with van der Waals surface area (Å²) in [6.45, 7) is 6.47. The summed E-state index contributed by atoms with van der Waals surface area (Å²) in [5, 5.41) is 3.52. The first-order valence-electron chi connectivity index (χ1n) is 7.53. The van der Waals surface area contributed by atoms with E-state index in [1.165, 1.54) is 25.6 Å². The molecule has 5 heteroatoms. The van der Waals surface area contributed by atoms with Crippen LogP contribution in [0.2, 0.25) is 0 Å². The molecule has 1 fully saturated rings. The standard InChI is InChI=1S/C16H26N2O2S/c1-12-7-8-15(21(4,19)20)10-16(12)17-13(2)14-6-5-9-18(3)11-14/h7-8,10,13-14,17H,5-6,9,11H2,1-4H3. The summed E-state index contributed by atoms with van der Waals surface area (Å²) in [7, 11) is -0.999. The lowest BCUT2D eigenvalue weighted by Gasteiger charge is -2.34. The Kier molecular flexibility index (Phi) is 4.94. The third-order valence-electron chi connectivity index (χ3n) is 4.39. The second kappa shape index (κ2) is 6.36. The van der Waals surface area contributed by atoms with Crippen molar-refractivity contribution in [3.05, 3.63) is 23.8 Å². The van der Waals surface area contributed by atoms with Gasteiger partial charge in [-0.15, -0.1) is 0 Å². The zero-order valence-corrected chi connectivity index (χ0v) is 14.2. The molecule has 2 rings (SSSR count). The summed E-state index contributed by atoms with van der Waals surface area (Å²) in [5.74, 6) is 0.602. The van der Waals surface area contributed by atoms with E-state index in [0.717, 1.165) is 17.8 Å². The molecule has 1 aromatic rings. The number of piperidine rings is 1. The maximum Gasteiger partial charge on any atom is 0.175 e. The normalized spacial score (nSPS) is 22.0. The third kappa shape index (κ3) is 4.20. The minimum atomic E-state index is -3.16. The van der Waals surface area contributed by atoms with Gasteiger partial charge in [0, 0.05) is 24.5 Å². The van der Waals surface area contributed by atoms with Crippen LogP contribution >= 0.6 is 0 Å². The zero-order valence-electron chi connectivity index (χ0n) is 13.4. The van der Waals surface area contributed by atoms with Crippen molar-refractivity contribution in [1.82, 2.24) is 4.90 Å². The van der Waals surface area contributed by atoms with E-state index in [0.29, 0.717) is 16.9 Å². The first-order chi connectivity index (χ1) is 9.77. The van der Waals surface area contributed by atoms with Gasteiger partial charge >= 0.3 is 0 Å². The lowest BCUT2D eigenvalue weighted by atomic mass is 9.91. The van der Waals surface area contributed by atoms with E-state index in [1.54, 1.807) is 12.1 Å². The minimum Gasteiger partial charge on any atom is -0.382 e. The number of benzene rings is 1. The van der Waals surface area contributed by atoms with E-state index < -0.39 is 9.84 Å². The molecule has 0 saturated carbocycles. The highest BCUT2D eigenvalue weighted by atomic mass is 32.2. The van der Waals surface area contributed by atoms with E-state index in [1.807, 2.05) is 13.0 Å². The van der Waals surface area contributed by atoms with E-state index in [9.17, 15) is 8.42 Å². The predicted molar refractivity (Wildman–Crippen MR) is 87.6 cm³/mol. The number of hydrogen-bond acceptors (Lipinski definition) is 4. The van der Waals surface area contributed by atoms with Crippen molar-refractivity contribution in [3.8, 4) is 0 Å². The average molecular weight is 310 g/mol. The van der Waals surface area contributed by atoms with Crippen molar-refractivity contribution in [1.29, 1.82) is 0 Å². The highest BCUT2D eigenvalue weighted by Crippen LogP contribution is 2.25. The number of likely N-dealkylation sites (tertiary alicyclic amines) is 1. The molecule has 0 spiro atoms. The van der Waals surface area contributed by atoms with E-state index >= 15 is 0 Å². The van der Waals surface area contributed by atoms with Crippen molar-refractivity contribution in [2.24, 2.45) is 5.92 Å². The minimum absolute atomic E-state index is 0.335. The smallest absolute Gasteiger partial charge is 0.175 e. The van der Waals surface area contributed by atoms with Crippen molar-refractivity contribution >= 4 is 15.5 Å². The van der Waals surface area contributed by atoms with Gasteiger partial charge in [-0.2, -0.15) is 0 Å². The van der Waals surface area contributed by atoms with E-state index in [2.05, 4.69) is 24.2 Å². The van der Waals surface area contributed by atoms with Crippen molar-refractivity contribution in [2.75, 3.05) is 31.7 Å². The molecule has 1 saturated heterocycles. The fourth-order valence-corrected chi connectivity index (χ4v) is 3.61. The van der Waals surface area contributed by atoms with Crippen LogP contribution in [0.25, 0.3) is 0 Å². The number of rotatable bonds is 4. The number of anilines is 1. The van der Waals surface area contributed by atoms with Crippen LogP contribution in [0.1, 0.15) is 25.3 Å². The predicted octanol–water partition coefficient (Wildman–Crippen LogP) is 2.54. The second-order valence-corrected chi connectivity index (χ2v) is 8.36. The van der Waals surface area contributed by atoms with Crippen LogP contribution in [-0.4, -0.2) is 45.8 Å². The first-order valence-corrected chi connectivity index (χ1v) is 9.42. The van der Waals surface area contributed by atoms with Gasteiger partial charge in [0.2, 0.25) is 0 Å². The van der Waals surface area contributed by atoms with Gasteiger partial charge in [0.1, 0.15) is 0 Å². The maximum atomic E-state index is 11.7. The molecule has 2 unspecified atom stereocenters. The number of hydrogen-bond donors (Lipinski definition) is 1.